The first kappa shape index (κ1) is 17.8. The number of amides is 1. The smallest absolute Gasteiger partial charge is 0.229 e. The zero-order valence-electron chi connectivity index (χ0n) is 14.5. The van der Waals surface area contributed by atoms with Crippen LogP contribution in [0.5, 0.6) is 0 Å². The molecule has 1 amide bonds. The zero-order valence-corrected chi connectivity index (χ0v) is 15.3. The zero-order chi connectivity index (χ0) is 15.7. The van der Waals surface area contributed by atoms with Gasteiger partial charge >= 0.3 is 0 Å². The Morgan fingerprint density at radius 3 is 2.12 bits per heavy atom. The molecule has 0 unspecified atom stereocenters. The van der Waals surface area contributed by atoms with Gasteiger partial charge in [0.15, 0.2) is 0 Å². The van der Waals surface area contributed by atoms with E-state index in [1.54, 1.807) is 0 Å². The highest BCUT2D eigenvalue weighted by Gasteiger charge is 2.52. The van der Waals surface area contributed by atoms with E-state index < -0.39 is 0 Å². The number of nitrogens with zero attached hydrogens (tertiary/aromatic N) is 2. The maximum absolute atomic E-state index is 12.2. The van der Waals surface area contributed by atoms with Crippen molar-refractivity contribution in [2.45, 2.75) is 69.4 Å². The Morgan fingerprint density at radius 1 is 0.917 bits per heavy atom. The van der Waals surface area contributed by atoms with Crippen molar-refractivity contribution in [3.63, 3.8) is 0 Å². The second-order valence-corrected chi connectivity index (χ2v) is 7.65. The molecule has 2 heterocycles. The lowest BCUT2D eigenvalue weighted by Crippen LogP contribution is -2.68. The minimum absolute atomic E-state index is 0. The van der Waals surface area contributed by atoms with Crippen molar-refractivity contribution >= 4 is 24.0 Å². The largest absolute Gasteiger partial charge is 0.306 e. The van der Waals surface area contributed by atoms with Crippen LogP contribution in [0.1, 0.15) is 57.8 Å². The van der Waals surface area contributed by atoms with E-state index in [0.717, 1.165) is 31.0 Å². The molecule has 1 saturated carbocycles. The van der Waals surface area contributed by atoms with Crippen LogP contribution in [0, 0.1) is 0 Å². The van der Waals surface area contributed by atoms with Gasteiger partial charge in [-0.05, 0) is 37.8 Å². The molecule has 1 aromatic rings. The molecule has 4 rings (SSSR count). The summed E-state index contributed by atoms with van der Waals surface area (Å²) < 4.78 is 0. The Morgan fingerprint density at radius 2 is 1.54 bits per heavy atom. The summed E-state index contributed by atoms with van der Waals surface area (Å²) in [6.07, 6.45) is 11.5. The van der Waals surface area contributed by atoms with E-state index in [2.05, 4.69) is 21.9 Å². The number of carbonyl (C=O) groups excluding carboxylic acids is 1. The summed E-state index contributed by atoms with van der Waals surface area (Å²) in [5, 5.41) is 0. The number of halogens is 1. The summed E-state index contributed by atoms with van der Waals surface area (Å²) in [6, 6.07) is 11.1. The van der Waals surface area contributed by atoms with Gasteiger partial charge in [-0.1, -0.05) is 43.9 Å². The van der Waals surface area contributed by atoms with Crippen LogP contribution in [0.2, 0.25) is 0 Å². The van der Waals surface area contributed by atoms with E-state index in [4.69, 9.17) is 0 Å². The molecule has 0 bridgehead atoms. The fourth-order valence-electron chi connectivity index (χ4n) is 4.94. The standard InChI is InChI=1S/C20H28N2O.ClH/c23-19-16-20(22(19)18-10-6-3-7-11-18)12-14-21(15-13-20)17-8-4-1-2-5-9-17;/h3,6-7,10-11,17H,1-2,4-5,8-9,12-16H2;1H. The van der Waals surface area contributed by atoms with Crippen molar-refractivity contribution in [3.05, 3.63) is 30.3 Å². The van der Waals surface area contributed by atoms with Gasteiger partial charge in [0.05, 0.1) is 12.0 Å². The van der Waals surface area contributed by atoms with E-state index in [1.165, 1.54) is 51.6 Å². The predicted molar refractivity (Wildman–Crippen MR) is 101 cm³/mol. The molecule has 1 spiro atoms. The van der Waals surface area contributed by atoms with Gasteiger partial charge < -0.3 is 9.80 Å². The van der Waals surface area contributed by atoms with Gasteiger partial charge in [-0.2, -0.15) is 0 Å². The van der Waals surface area contributed by atoms with Gasteiger partial charge in [-0.3, -0.25) is 4.79 Å². The number of benzene rings is 1. The minimum atomic E-state index is 0. The van der Waals surface area contributed by atoms with Gasteiger partial charge in [0.2, 0.25) is 5.91 Å². The monoisotopic (exact) mass is 348 g/mol. The average Bonchev–Trinajstić information content (AvgIpc) is 2.85. The molecular formula is C20H29ClN2O. The lowest BCUT2D eigenvalue weighted by molar-refractivity contribution is -0.129. The highest BCUT2D eigenvalue weighted by molar-refractivity contribution is 6.02. The highest BCUT2D eigenvalue weighted by Crippen LogP contribution is 2.44. The topological polar surface area (TPSA) is 23.6 Å². The third kappa shape index (κ3) is 3.21. The first-order valence-electron chi connectivity index (χ1n) is 9.41. The van der Waals surface area contributed by atoms with E-state index in [1.807, 2.05) is 18.2 Å². The quantitative estimate of drug-likeness (QED) is 0.584. The fourth-order valence-corrected chi connectivity index (χ4v) is 4.94. The Labute approximate surface area is 151 Å². The van der Waals surface area contributed by atoms with Gasteiger partial charge in [-0.25, -0.2) is 0 Å². The highest BCUT2D eigenvalue weighted by atomic mass is 35.5. The maximum Gasteiger partial charge on any atom is 0.229 e. The lowest BCUT2D eigenvalue weighted by atomic mass is 9.75. The number of hydrogen-bond acceptors (Lipinski definition) is 2. The molecule has 1 aliphatic carbocycles. The third-order valence-electron chi connectivity index (χ3n) is 6.29. The summed E-state index contributed by atoms with van der Waals surface area (Å²) in [5.74, 6) is 0.305. The van der Waals surface area contributed by atoms with Crippen molar-refractivity contribution in [2.75, 3.05) is 18.0 Å². The summed E-state index contributed by atoms with van der Waals surface area (Å²) in [7, 11) is 0. The van der Waals surface area contributed by atoms with E-state index >= 15 is 0 Å². The Bertz CT molecular complexity index is 546. The molecule has 0 radical (unpaired) electrons. The number of hydrogen-bond donors (Lipinski definition) is 0. The molecule has 0 aromatic heterocycles. The first-order valence-corrected chi connectivity index (χ1v) is 9.41. The summed E-state index contributed by atoms with van der Waals surface area (Å²) in [6.45, 7) is 2.34. The van der Waals surface area contributed by atoms with Crippen LogP contribution < -0.4 is 4.90 Å². The molecule has 2 aliphatic heterocycles. The Hall–Kier alpha value is -1.06. The summed E-state index contributed by atoms with van der Waals surface area (Å²) >= 11 is 0. The van der Waals surface area contributed by atoms with Crippen LogP contribution in [0.15, 0.2) is 30.3 Å². The van der Waals surface area contributed by atoms with Crippen molar-refractivity contribution in [2.24, 2.45) is 0 Å². The van der Waals surface area contributed by atoms with E-state index in [-0.39, 0.29) is 17.9 Å². The molecule has 132 valence electrons. The van der Waals surface area contributed by atoms with Gasteiger partial charge in [-0.15, -0.1) is 12.4 Å². The van der Waals surface area contributed by atoms with Crippen molar-refractivity contribution in [1.29, 1.82) is 0 Å². The van der Waals surface area contributed by atoms with E-state index in [0.29, 0.717) is 5.91 Å². The minimum Gasteiger partial charge on any atom is -0.306 e. The van der Waals surface area contributed by atoms with Crippen LogP contribution in [0.25, 0.3) is 0 Å². The molecule has 3 nitrogen and oxygen atoms in total. The van der Waals surface area contributed by atoms with Crippen molar-refractivity contribution < 1.29 is 4.79 Å². The number of anilines is 1. The number of rotatable bonds is 2. The Kier molecular flexibility index (Phi) is 5.51. The SMILES string of the molecule is Cl.O=C1CC2(CCN(C3CCCCCC3)CC2)N1c1ccccc1. The number of likely N-dealkylation sites (tertiary alicyclic amines) is 1. The normalized spacial score (nSPS) is 25.0. The van der Waals surface area contributed by atoms with Crippen LogP contribution in [0.4, 0.5) is 5.69 Å². The summed E-state index contributed by atoms with van der Waals surface area (Å²) in [4.78, 5) is 17.1. The van der Waals surface area contributed by atoms with Crippen molar-refractivity contribution in [3.8, 4) is 0 Å². The lowest BCUT2D eigenvalue weighted by Gasteiger charge is -2.56. The van der Waals surface area contributed by atoms with Gasteiger partial charge in [0.25, 0.3) is 0 Å². The second kappa shape index (κ2) is 7.45. The van der Waals surface area contributed by atoms with Gasteiger partial charge in [0.1, 0.15) is 0 Å². The number of β-lactam (4-membered cyclic amide) rings is 1. The number of para-hydroxylation sites is 1. The van der Waals surface area contributed by atoms with Crippen LogP contribution in [-0.4, -0.2) is 35.5 Å². The molecule has 1 aromatic carbocycles. The van der Waals surface area contributed by atoms with E-state index in [9.17, 15) is 4.79 Å². The summed E-state index contributed by atoms with van der Waals surface area (Å²) in [5.41, 5.74) is 1.20. The van der Waals surface area contributed by atoms with Crippen LogP contribution in [0.3, 0.4) is 0 Å². The Balaban J connectivity index is 0.00000169. The van der Waals surface area contributed by atoms with Crippen LogP contribution in [-0.2, 0) is 4.79 Å². The van der Waals surface area contributed by atoms with Crippen molar-refractivity contribution in [1.82, 2.24) is 4.90 Å². The first-order chi connectivity index (χ1) is 11.3. The molecule has 0 N–H and O–H groups in total. The molecule has 2 saturated heterocycles. The molecule has 3 aliphatic rings. The predicted octanol–water partition coefficient (Wildman–Crippen LogP) is 4.40. The molecule has 3 fully saturated rings. The van der Waals surface area contributed by atoms with Crippen LogP contribution >= 0.6 is 12.4 Å². The van der Waals surface area contributed by atoms with Gasteiger partial charge in [0, 0.05) is 24.8 Å². The number of piperidine rings is 1. The maximum atomic E-state index is 12.2. The molecular weight excluding hydrogens is 320 g/mol. The number of carbonyl (C=O) groups is 1. The average molecular weight is 349 g/mol. The fraction of sp³-hybridized carbons (Fsp3) is 0.650. The molecule has 24 heavy (non-hydrogen) atoms. The third-order valence-corrected chi connectivity index (χ3v) is 6.29. The molecule has 0 atom stereocenters. The molecule has 4 heteroatoms. The second-order valence-electron chi connectivity index (χ2n) is 7.65.